The molecule has 1 aromatic carbocycles. The van der Waals surface area contributed by atoms with Crippen LogP contribution in [0.15, 0.2) is 30.5 Å². The topological polar surface area (TPSA) is 82.8 Å². The number of rotatable bonds is 2. The van der Waals surface area contributed by atoms with Gasteiger partial charge >= 0.3 is 0 Å². The summed E-state index contributed by atoms with van der Waals surface area (Å²) in [5.74, 6) is 0.105. The van der Waals surface area contributed by atoms with Crippen molar-refractivity contribution in [1.29, 1.82) is 5.41 Å². The van der Waals surface area contributed by atoms with E-state index in [0.717, 1.165) is 0 Å². The van der Waals surface area contributed by atoms with Gasteiger partial charge in [-0.15, -0.1) is 0 Å². The van der Waals surface area contributed by atoms with E-state index in [9.17, 15) is 9.18 Å². The molecule has 0 spiro atoms. The van der Waals surface area contributed by atoms with Crippen LogP contribution in [0.25, 0.3) is 0 Å². The van der Waals surface area contributed by atoms with Crippen LogP contribution in [0.5, 0.6) is 0 Å². The fourth-order valence-electron chi connectivity index (χ4n) is 2.52. The summed E-state index contributed by atoms with van der Waals surface area (Å²) >= 11 is 0. The summed E-state index contributed by atoms with van der Waals surface area (Å²) in [6, 6.07) is 5.32. The van der Waals surface area contributed by atoms with Crippen LogP contribution < -0.4 is 10.6 Å². The van der Waals surface area contributed by atoms with Crippen molar-refractivity contribution in [2.75, 3.05) is 10.6 Å². The van der Waals surface area contributed by atoms with Crippen LogP contribution in [0.2, 0.25) is 0 Å². The van der Waals surface area contributed by atoms with Crippen LogP contribution in [0, 0.1) is 16.6 Å². The van der Waals surface area contributed by atoms with Crippen molar-refractivity contribution in [2.24, 2.45) is 5.41 Å². The number of amides is 1. The van der Waals surface area contributed by atoms with E-state index < -0.39 is 0 Å². The summed E-state index contributed by atoms with van der Waals surface area (Å²) in [4.78, 5) is 12.4. The first-order valence-electron chi connectivity index (χ1n) is 7.27. The fourth-order valence-corrected chi connectivity index (χ4v) is 2.52. The zero-order chi connectivity index (χ0) is 16.8. The average molecular weight is 315 g/mol. The monoisotopic (exact) mass is 315 g/mol. The van der Waals surface area contributed by atoms with Crippen LogP contribution in [0.3, 0.4) is 0 Å². The number of fused-ring (bicyclic) bond motifs is 1. The zero-order valence-corrected chi connectivity index (χ0v) is 13.1. The highest BCUT2D eigenvalue weighted by atomic mass is 19.1. The Kier molecular flexibility index (Phi) is 3.43. The van der Waals surface area contributed by atoms with Gasteiger partial charge in [-0.1, -0.05) is 20.8 Å². The number of nitrogens with zero attached hydrogens (tertiary/aromatic N) is 2. The molecule has 120 valence electrons. The maximum absolute atomic E-state index is 12.9. The van der Waals surface area contributed by atoms with E-state index in [2.05, 4.69) is 15.7 Å². The van der Waals surface area contributed by atoms with Crippen LogP contribution in [0.4, 0.5) is 15.9 Å². The second-order valence-corrected chi connectivity index (χ2v) is 6.61. The molecule has 23 heavy (non-hydrogen) atoms. The Labute approximate surface area is 133 Å². The van der Waals surface area contributed by atoms with Crippen molar-refractivity contribution < 1.29 is 9.18 Å². The van der Waals surface area contributed by atoms with Gasteiger partial charge in [0.25, 0.3) is 5.91 Å². The highest BCUT2D eigenvalue weighted by Gasteiger charge is 2.38. The molecule has 3 rings (SSSR count). The third-order valence-electron chi connectivity index (χ3n) is 3.76. The average Bonchev–Trinajstić information content (AvgIpc) is 3.01. The van der Waals surface area contributed by atoms with E-state index in [4.69, 9.17) is 5.41 Å². The predicted molar refractivity (Wildman–Crippen MR) is 86.6 cm³/mol. The standard InChI is InChI=1S/C16H18FN5O/c1-16(2,3)12-13(18)22-14(21-12)11(8-19-22)15(23)20-10-6-4-9(17)5-7-10/h4-8,12,18,21H,1-3H3,(H,20,23). The molecule has 3 N–H and O–H groups in total. The highest BCUT2D eigenvalue weighted by Crippen LogP contribution is 2.32. The van der Waals surface area contributed by atoms with Gasteiger partial charge in [-0.25, -0.2) is 9.07 Å². The van der Waals surface area contributed by atoms with Gasteiger partial charge in [-0.3, -0.25) is 10.2 Å². The minimum absolute atomic E-state index is 0.178. The zero-order valence-electron chi connectivity index (χ0n) is 13.1. The summed E-state index contributed by atoms with van der Waals surface area (Å²) in [6.45, 7) is 6.05. The molecule has 1 aliphatic heterocycles. The number of hydrogen-bond donors (Lipinski definition) is 3. The molecule has 0 radical (unpaired) electrons. The maximum atomic E-state index is 12.9. The highest BCUT2D eigenvalue weighted by molar-refractivity contribution is 6.10. The number of anilines is 2. The van der Waals surface area contributed by atoms with Crippen molar-refractivity contribution in [3.05, 3.63) is 41.8 Å². The summed E-state index contributed by atoms with van der Waals surface area (Å²) in [5, 5.41) is 18.2. The minimum atomic E-state index is -0.363. The molecule has 1 atom stereocenters. The van der Waals surface area contributed by atoms with Crippen molar-refractivity contribution in [3.63, 3.8) is 0 Å². The third-order valence-corrected chi connectivity index (χ3v) is 3.76. The number of benzene rings is 1. The number of carbonyl (C=O) groups excluding carboxylic acids is 1. The molecule has 2 heterocycles. The van der Waals surface area contributed by atoms with Gasteiger partial charge in [0, 0.05) is 5.69 Å². The van der Waals surface area contributed by atoms with Crippen LogP contribution in [-0.4, -0.2) is 27.6 Å². The molecule has 0 bridgehead atoms. The first-order valence-corrected chi connectivity index (χ1v) is 7.27. The Morgan fingerprint density at radius 3 is 2.61 bits per heavy atom. The summed E-state index contributed by atoms with van der Waals surface area (Å²) in [5.41, 5.74) is 0.672. The maximum Gasteiger partial charge on any atom is 0.261 e. The molecule has 1 aromatic heterocycles. The van der Waals surface area contributed by atoms with Crippen LogP contribution >= 0.6 is 0 Å². The summed E-state index contributed by atoms with van der Waals surface area (Å²) in [6.07, 6.45) is 1.43. The number of carbonyl (C=O) groups is 1. The first kappa shape index (κ1) is 15.2. The third kappa shape index (κ3) is 2.69. The molecule has 6 nitrogen and oxygen atoms in total. The Balaban J connectivity index is 1.84. The van der Waals surface area contributed by atoms with E-state index in [1.165, 1.54) is 35.1 Å². The number of nitrogens with one attached hydrogen (secondary N) is 3. The quantitative estimate of drug-likeness (QED) is 0.797. The van der Waals surface area contributed by atoms with Gasteiger partial charge in [0.1, 0.15) is 23.0 Å². The lowest BCUT2D eigenvalue weighted by atomic mass is 9.86. The van der Waals surface area contributed by atoms with E-state index in [-0.39, 0.29) is 23.2 Å². The lowest BCUT2D eigenvalue weighted by molar-refractivity contribution is 0.102. The van der Waals surface area contributed by atoms with Gasteiger partial charge in [-0.05, 0) is 29.7 Å². The second kappa shape index (κ2) is 5.19. The van der Waals surface area contributed by atoms with Crippen LogP contribution in [0.1, 0.15) is 31.1 Å². The van der Waals surface area contributed by atoms with Gasteiger partial charge in [0.2, 0.25) is 0 Å². The van der Waals surface area contributed by atoms with E-state index in [0.29, 0.717) is 22.9 Å². The number of hydrogen-bond acceptors (Lipinski definition) is 4. The smallest absolute Gasteiger partial charge is 0.261 e. The molecule has 1 amide bonds. The van der Waals surface area contributed by atoms with Crippen LogP contribution in [-0.2, 0) is 0 Å². The first-order chi connectivity index (χ1) is 10.8. The van der Waals surface area contributed by atoms with Gasteiger partial charge in [0.05, 0.1) is 12.2 Å². The molecular weight excluding hydrogens is 297 g/mol. The Hall–Kier alpha value is -2.70. The van der Waals surface area contributed by atoms with E-state index >= 15 is 0 Å². The predicted octanol–water partition coefficient (Wildman–Crippen LogP) is 2.94. The lowest BCUT2D eigenvalue weighted by Gasteiger charge is -2.26. The minimum Gasteiger partial charge on any atom is -0.359 e. The number of halogens is 1. The van der Waals surface area contributed by atoms with E-state index in [1.807, 2.05) is 20.8 Å². The summed E-state index contributed by atoms with van der Waals surface area (Å²) in [7, 11) is 0. The Morgan fingerprint density at radius 2 is 2.00 bits per heavy atom. The lowest BCUT2D eigenvalue weighted by Crippen LogP contribution is -2.38. The second-order valence-electron chi connectivity index (χ2n) is 6.61. The molecule has 0 saturated heterocycles. The van der Waals surface area contributed by atoms with Crippen molar-refractivity contribution in [3.8, 4) is 0 Å². The Bertz CT molecular complexity index is 773. The molecule has 0 saturated carbocycles. The molecular formula is C16H18FN5O. The van der Waals surface area contributed by atoms with Crippen molar-refractivity contribution >= 4 is 23.2 Å². The molecule has 0 fully saturated rings. The SMILES string of the molecule is CC(C)(C)C1Nc2c(C(=O)Nc3ccc(F)cc3)cnn2C1=N. The summed E-state index contributed by atoms with van der Waals surface area (Å²) < 4.78 is 14.4. The van der Waals surface area contributed by atoms with Gasteiger partial charge in [0.15, 0.2) is 0 Å². The van der Waals surface area contributed by atoms with Gasteiger partial charge in [-0.2, -0.15) is 5.10 Å². The Morgan fingerprint density at radius 1 is 1.35 bits per heavy atom. The van der Waals surface area contributed by atoms with Crippen molar-refractivity contribution in [1.82, 2.24) is 9.78 Å². The van der Waals surface area contributed by atoms with E-state index in [1.54, 1.807) is 0 Å². The number of aromatic nitrogens is 2. The molecule has 0 aliphatic carbocycles. The largest absolute Gasteiger partial charge is 0.359 e. The molecule has 2 aromatic rings. The molecule has 1 unspecified atom stereocenters. The van der Waals surface area contributed by atoms with Crippen molar-refractivity contribution in [2.45, 2.75) is 26.8 Å². The van der Waals surface area contributed by atoms with Gasteiger partial charge < -0.3 is 10.6 Å². The normalized spacial score (nSPS) is 16.9. The molecule has 1 aliphatic rings. The molecule has 7 heteroatoms. The fraction of sp³-hybridized carbons (Fsp3) is 0.312.